The summed E-state index contributed by atoms with van der Waals surface area (Å²) in [5.41, 5.74) is -0.244. The average Bonchev–Trinajstić information content (AvgIpc) is 2.16. The lowest BCUT2D eigenvalue weighted by Gasteiger charge is -2.03. The average molecular weight is 255 g/mol. The number of H-pyrrole nitrogens is 1. The lowest BCUT2D eigenvalue weighted by Crippen LogP contribution is -2.10. The molecule has 0 saturated carbocycles. The normalized spacial score (nSPS) is 10.4. The van der Waals surface area contributed by atoms with E-state index in [4.69, 9.17) is 0 Å². The SMILES string of the molecule is CNc1nc(Br)cc2cn[nH]c(=O)c12. The van der Waals surface area contributed by atoms with Gasteiger partial charge in [0.05, 0.1) is 11.6 Å². The van der Waals surface area contributed by atoms with Crippen LogP contribution in [0.4, 0.5) is 5.82 Å². The second-order valence-electron chi connectivity index (χ2n) is 2.71. The fourth-order valence-corrected chi connectivity index (χ4v) is 1.69. The number of aromatic nitrogens is 3. The summed E-state index contributed by atoms with van der Waals surface area (Å²) in [5.74, 6) is 0.540. The first kappa shape index (κ1) is 9.14. The van der Waals surface area contributed by atoms with Crippen LogP contribution in [0, 0.1) is 0 Å². The smallest absolute Gasteiger partial charge is 0.275 e. The third-order valence-corrected chi connectivity index (χ3v) is 2.26. The number of nitrogens with zero attached hydrogens (tertiary/aromatic N) is 2. The van der Waals surface area contributed by atoms with Crippen LogP contribution in [0.1, 0.15) is 0 Å². The van der Waals surface area contributed by atoms with Gasteiger partial charge in [-0.2, -0.15) is 5.10 Å². The van der Waals surface area contributed by atoms with Crippen molar-refractivity contribution in [3.63, 3.8) is 0 Å². The van der Waals surface area contributed by atoms with Crippen LogP contribution < -0.4 is 10.9 Å². The third-order valence-electron chi connectivity index (χ3n) is 1.85. The molecule has 2 rings (SSSR count). The number of nitrogens with one attached hydrogen (secondary N) is 2. The molecule has 14 heavy (non-hydrogen) atoms. The Balaban J connectivity index is 2.96. The largest absolute Gasteiger partial charge is 0.372 e. The van der Waals surface area contributed by atoms with Gasteiger partial charge in [0.25, 0.3) is 5.56 Å². The van der Waals surface area contributed by atoms with Crippen molar-refractivity contribution in [2.45, 2.75) is 0 Å². The summed E-state index contributed by atoms with van der Waals surface area (Å²) in [6.07, 6.45) is 1.59. The standard InChI is InChI=1S/C8H7BrN4O/c1-10-7-6-4(2-5(9)12-7)3-11-13-8(6)14/h2-3H,1H3,(H,10,12)(H,13,14). The molecule has 0 amide bonds. The van der Waals surface area contributed by atoms with E-state index in [1.54, 1.807) is 19.3 Å². The summed E-state index contributed by atoms with van der Waals surface area (Å²) in [4.78, 5) is 15.6. The minimum absolute atomic E-state index is 0.244. The minimum atomic E-state index is -0.244. The summed E-state index contributed by atoms with van der Waals surface area (Å²) in [6.45, 7) is 0. The Morgan fingerprint density at radius 3 is 3.07 bits per heavy atom. The molecule has 2 aromatic heterocycles. The summed E-state index contributed by atoms with van der Waals surface area (Å²) in [6, 6.07) is 1.75. The van der Waals surface area contributed by atoms with Crippen LogP contribution in [-0.2, 0) is 0 Å². The molecule has 0 aliphatic heterocycles. The fraction of sp³-hybridized carbons (Fsp3) is 0.125. The maximum Gasteiger partial charge on any atom is 0.275 e. The Bertz CT molecular complexity index is 536. The first-order chi connectivity index (χ1) is 6.72. The number of hydrogen-bond donors (Lipinski definition) is 2. The molecule has 5 nitrogen and oxygen atoms in total. The Hall–Kier alpha value is -1.43. The third kappa shape index (κ3) is 1.37. The van der Waals surface area contributed by atoms with Crippen LogP contribution in [0.25, 0.3) is 10.8 Å². The van der Waals surface area contributed by atoms with Crippen molar-refractivity contribution in [3.8, 4) is 0 Å². The molecule has 0 bridgehead atoms. The molecule has 0 aromatic carbocycles. The summed E-state index contributed by atoms with van der Waals surface area (Å²) in [7, 11) is 1.72. The first-order valence-corrected chi connectivity index (χ1v) is 4.73. The summed E-state index contributed by atoms with van der Waals surface area (Å²) >= 11 is 3.26. The van der Waals surface area contributed by atoms with E-state index in [0.29, 0.717) is 15.8 Å². The highest BCUT2D eigenvalue weighted by molar-refractivity contribution is 9.10. The zero-order valence-electron chi connectivity index (χ0n) is 7.34. The molecule has 0 aliphatic rings. The van der Waals surface area contributed by atoms with Gasteiger partial charge in [-0.15, -0.1) is 0 Å². The van der Waals surface area contributed by atoms with E-state index in [1.807, 2.05) is 0 Å². The number of halogens is 1. The Morgan fingerprint density at radius 1 is 1.57 bits per heavy atom. The molecule has 0 spiro atoms. The van der Waals surface area contributed by atoms with Crippen molar-refractivity contribution in [2.75, 3.05) is 12.4 Å². The van der Waals surface area contributed by atoms with E-state index in [1.165, 1.54) is 0 Å². The van der Waals surface area contributed by atoms with Gasteiger partial charge in [0, 0.05) is 12.4 Å². The zero-order chi connectivity index (χ0) is 10.1. The van der Waals surface area contributed by atoms with Crippen LogP contribution in [0.2, 0.25) is 0 Å². The van der Waals surface area contributed by atoms with Gasteiger partial charge >= 0.3 is 0 Å². The van der Waals surface area contributed by atoms with Gasteiger partial charge in [0.15, 0.2) is 0 Å². The monoisotopic (exact) mass is 254 g/mol. The van der Waals surface area contributed by atoms with Crippen LogP contribution in [-0.4, -0.2) is 22.2 Å². The quantitative estimate of drug-likeness (QED) is 0.749. The van der Waals surface area contributed by atoms with Crippen LogP contribution in [0.5, 0.6) is 0 Å². The van der Waals surface area contributed by atoms with Gasteiger partial charge in [-0.05, 0) is 22.0 Å². The molecule has 0 radical (unpaired) electrons. The predicted molar refractivity (Wildman–Crippen MR) is 57.4 cm³/mol. The minimum Gasteiger partial charge on any atom is -0.372 e. The fourth-order valence-electron chi connectivity index (χ4n) is 1.27. The van der Waals surface area contributed by atoms with Crippen molar-refractivity contribution in [2.24, 2.45) is 0 Å². The van der Waals surface area contributed by atoms with E-state index in [2.05, 4.69) is 36.4 Å². The van der Waals surface area contributed by atoms with Gasteiger partial charge in [0.1, 0.15) is 10.4 Å². The molecule has 2 heterocycles. The van der Waals surface area contributed by atoms with Crippen molar-refractivity contribution in [1.29, 1.82) is 0 Å². The number of hydrogen-bond acceptors (Lipinski definition) is 4. The lowest BCUT2D eigenvalue weighted by atomic mass is 10.2. The Kier molecular flexibility index (Phi) is 2.20. The topological polar surface area (TPSA) is 70.7 Å². The van der Waals surface area contributed by atoms with E-state index in [0.717, 1.165) is 5.39 Å². The van der Waals surface area contributed by atoms with Gasteiger partial charge < -0.3 is 5.32 Å². The molecule has 0 unspecified atom stereocenters. The van der Waals surface area contributed by atoms with Crippen molar-refractivity contribution >= 4 is 32.5 Å². The van der Waals surface area contributed by atoms with E-state index < -0.39 is 0 Å². The van der Waals surface area contributed by atoms with Gasteiger partial charge in [-0.3, -0.25) is 4.79 Å². The maximum atomic E-state index is 11.5. The molecule has 0 atom stereocenters. The van der Waals surface area contributed by atoms with Crippen LogP contribution >= 0.6 is 15.9 Å². The number of aromatic amines is 1. The lowest BCUT2D eigenvalue weighted by molar-refractivity contribution is 1.01. The predicted octanol–water partition coefficient (Wildman–Crippen LogP) is 1.12. The number of anilines is 1. The second-order valence-corrected chi connectivity index (χ2v) is 3.52. The molecule has 6 heteroatoms. The molecular formula is C8H7BrN4O. The second kappa shape index (κ2) is 3.38. The number of pyridine rings is 1. The summed E-state index contributed by atoms with van der Waals surface area (Å²) in [5, 5.41) is 10.2. The molecular weight excluding hydrogens is 248 g/mol. The zero-order valence-corrected chi connectivity index (χ0v) is 8.92. The first-order valence-electron chi connectivity index (χ1n) is 3.94. The van der Waals surface area contributed by atoms with Gasteiger partial charge in [-0.1, -0.05) is 0 Å². The van der Waals surface area contributed by atoms with Gasteiger partial charge in [-0.25, -0.2) is 10.1 Å². The highest BCUT2D eigenvalue weighted by atomic mass is 79.9. The van der Waals surface area contributed by atoms with Crippen LogP contribution in [0.15, 0.2) is 21.7 Å². The number of fused-ring (bicyclic) bond motifs is 1. The molecule has 0 aliphatic carbocycles. The highest BCUT2D eigenvalue weighted by Gasteiger charge is 2.06. The van der Waals surface area contributed by atoms with E-state index in [-0.39, 0.29) is 5.56 Å². The molecule has 2 aromatic rings. The summed E-state index contributed by atoms with van der Waals surface area (Å²) < 4.78 is 0.668. The van der Waals surface area contributed by atoms with Gasteiger partial charge in [0.2, 0.25) is 0 Å². The van der Waals surface area contributed by atoms with E-state index in [9.17, 15) is 4.79 Å². The highest BCUT2D eigenvalue weighted by Crippen LogP contribution is 2.20. The van der Waals surface area contributed by atoms with Crippen LogP contribution in [0.3, 0.4) is 0 Å². The van der Waals surface area contributed by atoms with Crippen molar-refractivity contribution < 1.29 is 0 Å². The van der Waals surface area contributed by atoms with Crippen molar-refractivity contribution in [1.82, 2.24) is 15.2 Å². The van der Waals surface area contributed by atoms with Crippen molar-refractivity contribution in [3.05, 3.63) is 27.2 Å². The Labute approximate surface area is 87.7 Å². The van der Waals surface area contributed by atoms with E-state index >= 15 is 0 Å². The molecule has 2 N–H and O–H groups in total. The molecule has 72 valence electrons. The number of rotatable bonds is 1. The maximum absolute atomic E-state index is 11.5. The Morgan fingerprint density at radius 2 is 2.36 bits per heavy atom. The molecule has 0 fully saturated rings. The molecule has 0 saturated heterocycles.